The Labute approximate surface area is 189 Å². The van der Waals surface area contributed by atoms with E-state index in [-0.39, 0.29) is 20.6 Å². The molecule has 160 valence electrons. The highest BCUT2D eigenvalue weighted by molar-refractivity contribution is 7.92. The normalized spacial score (nSPS) is 11.5. The van der Waals surface area contributed by atoms with Gasteiger partial charge in [-0.1, -0.05) is 53.5 Å². The number of hydrogen-bond acceptors (Lipinski definition) is 4. The van der Waals surface area contributed by atoms with Gasteiger partial charge in [-0.05, 0) is 48.0 Å². The van der Waals surface area contributed by atoms with Crippen LogP contribution in [0, 0.1) is 5.82 Å². The van der Waals surface area contributed by atoms with Gasteiger partial charge >= 0.3 is 0 Å². The molecule has 0 spiro atoms. The van der Waals surface area contributed by atoms with Crippen molar-refractivity contribution in [2.75, 3.05) is 10.8 Å². The molecule has 0 bridgehead atoms. The van der Waals surface area contributed by atoms with Gasteiger partial charge in [0.25, 0.3) is 15.9 Å². The summed E-state index contributed by atoms with van der Waals surface area (Å²) in [5.74, 6) is -1.09. The van der Waals surface area contributed by atoms with Crippen molar-refractivity contribution in [2.45, 2.75) is 4.90 Å². The molecule has 0 radical (unpaired) electrons. The van der Waals surface area contributed by atoms with E-state index in [1.54, 1.807) is 18.2 Å². The Bertz CT molecular complexity index is 1200. The van der Waals surface area contributed by atoms with Crippen LogP contribution in [-0.2, 0) is 14.8 Å². The van der Waals surface area contributed by atoms with E-state index in [0.717, 1.165) is 4.31 Å². The Balaban J connectivity index is 1.85. The summed E-state index contributed by atoms with van der Waals surface area (Å²) in [6.45, 7) is -0.560. The Morgan fingerprint density at radius 1 is 1.00 bits per heavy atom. The molecule has 0 fully saturated rings. The van der Waals surface area contributed by atoms with Crippen molar-refractivity contribution in [1.82, 2.24) is 5.43 Å². The van der Waals surface area contributed by atoms with Crippen molar-refractivity contribution >= 4 is 51.0 Å². The molecule has 31 heavy (non-hydrogen) atoms. The number of halogens is 3. The predicted octanol–water partition coefficient (Wildman–Crippen LogP) is 4.48. The Kier molecular flexibility index (Phi) is 7.27. The van der Waals surface area contributed by atoms with E-state index >= 15 is 0 Å². The van der Waals surface area contributed by atoms with Crippen LogP contribution >= 0.6 is 23.2 Å². The molecule has 0 aromatic heterocycles. The van der Waals surface area contributed by atoms with Crippen molar-refractivity contribution in [3.8, 4) is 0 Å². The van der Waals surface area contributed by atoms with Gasteiger partial charge in [0, 0.05) is 0 Å². The zero-order chi connectivity index (χ0) is 22.4. The maximum absolute atomic E-state index is 13.2. The van der Waals surface area contributed by atoms with Crippen LogP contribution in [0.1, 0.15) is 5.56 Å². The van der Waals surface area contributed by atoms with E-state index < -0.39 is 28.3 Å². The lowest BCUT2D eigenvalue weighted by molar-refractivity contribution is -0.119. The molecule has 3 rings (SSSR count). The van der Waals surface area contributed by atoms with Crippen molar-refractivity contribution in [1.29, 1.82) is 0 Å². The van der Waals surface area contributed by atoms with E-state index in [9.17, 15) is 17.6 Å². The van der Waals surface area contributed by atoms with Crippen molar-refractivity contribution in [3.63, 3.8) is 0 Å². The van der Waals surface area contributed by atoms with Gasteiger partial charge in [-0.15, -0.1) is 0 Å². The molecule has 0 saturated carbocycles. The highest BCUT2D eigenvalue weighted by Gasteiger charge is 2.27. The lowest BCUT2D eigenvalue weighted by atomic mass is 10.2. The maximum Gasteiger partial charge on any atom is 0.264 e. The highest BCUT2D eigenvalue weighted by atomic mass is 35.5. The molecule has 6 nitrogen and oxygen atoms in total. The minimum atomic E-state index is -4.08. The van der Waals surface area contributed by atoms with E-state index in [0.29, 0.717) is 5.56 Å². The lowest BCUT2D eigenvalue weighted by Gasteiger charge is -2.24. The van der Waals surface area contributed by atoms with Gasteiger partial charge in [0.05, 0.1) is 26.8 Å². The number of rotatable bonds is 7. The van der Waals surface area contributed by atoms with Crippen LogP contribution < -0.4 is 9.73 Å². The summed E-state index contributed by atoms with van der Waals surface area (Å²) in [6.07, 6.45) is 1.31. The van der Waals surface area contributed by atoms with Crippen LogP contribution in [0.2, 0.25) is 10.0 Å². The number of benzene rings is 3. The van der Waals surface area contributed by atoms with Crippen LogP contribution in [0.15, 0.2) is 82.8 Å². The zero-order valence-electron chi connectivity index (χ0n) is 15.9. The average Bonchev–Trinajstić information content (AvgIpc) is 2.76. The number of nitrogens with one attached hydrogen (secondary N) is 1. The van der Waals surface area contributed by atoms with Gasteiger partial charge in [-0.2, -0.15) is 5.10 Å². The molecule has 3 aromatic rings. The van der Waals surface area contributed by atoms with Crippen LogP contribution in [0.4, 0.5) is 10.1 Å². The number of hydrogen-bond donors (Lipinski definition) is 1. The van der Waals surface area contributed by atoms with Crippen LogP contribution in [0.5, 0.6) is 0 Å². The molecule has 1 amide bonds. The van der Waals surface area contributed by atoms with E-state index in [2.05, 4.69) is 10.5 Å². The molecular formula is C21H16Cl2FN3O3S. The molecule has 0 unspecified atom stereocenters. The van der Waals surface area contributed by atoms with Gasteiger partial charge in [-0.25, -0.2) is 18.2 Å². The minimum absolute atomic E-state index is 0.00341. The number of carbonyl (C=O) groups excluding carboxylic acids is 1. The summed E-state index contributed by atoms with van der Waals surface area (Å²) in [5, 5.41) is 4.18. The standard InChI is InChI=1S/C21H16Cl2FN3O3S/c22-19-11-10-17(12-20(19)23)27(31(29,30)18-4-2-1-3-5-18)14-21(28)26-25-13-15-6-8-16(24)9-7-15/h1-13H,14H2,(H,26,28)/b25-13-. The molecular weight excluding hydrogens is 464 g/mol. The molecule has 0 atom stereocenters. The monoisotopic (exact) mass is 479 g/mol. The van der Waals surface area contributed by atoms with Crippen molar-refractivity contribution in [3.05, 3.63) is 94.2 Å². The maximum atomic E-state index is 13.2. The van der Waals surface area contributed by atoms with Gasteiger partial charge in [0.15, 0.2) is 0 Å². The Morgan fingerprint density at radius 2 is 1.68 bits per heavy atom. The van der Waals surface area contributed by atoms with Gasteiger partial charge in [0.2, 0.25) is 0 Å². The summed E-state index contributed by atoms with van der Waals surface area (Å²) in [4.78, 5) is 12.5. The molecule has 3 aromatic carbocycles. The predicted molar refractivity (Wildman–Crippen MR) is 120 cm³/mol. The first-order valence-corrected chi connectivity index (χ1v) is 11.1. The number of carbonyl (C=O) groups is 1. The largest absolute Gasteiger partial charge is 0.271 e. The second kappa shape index (κ2) is 9.91. The topological polar surface area (TPSA) is 78.8 Å². The Morgan fingerprint density at radius 3 is 2.32 bits per heavy atom. The summed E-state index contributed by atoms with van der Waals surface area (Å²) in [6, 6.07) is 17.4. The number of sulfonamides is 1. The second-order valence-electron chi connectivity index (χ2n) is 6.27. The third-order valence-electron chi connectivity index (χ3n) is 4.08. The van der Waals surface area contributed by atoms with E-state index in [4.69, 9.17) is 23.2 Å². The summed E-state index contributed by atoms with van der Waals surface area (Å²) in [7, 11) is -4.08. The first-order valence-electron chi connectivity index (χ1n) is 8.88. The first-order chi connectivity index (χ1) is 14.8. The fraction of sp³-hybridized carbons (Fsp3) is 0.0476. The average molecular weight is 480 g/mol. The summed E-state index contributed by atoms with van der Waals surface area (Å²) >= 11 is 12.0. The van der Waals surface area contributed by atoms with Crippen LogP contribution in [0.25, 0.3) is 0 Å². The molecule has 0 aliphatic heterocycles. The summed E-state index contributed by atoms with van der Waals surface area (Å²) < 4.78 is 40.2. The second-order valence-corrected chi connectivity index (χ2v) is 8.94. The van der Waals surface area contributed by atoms with Gasteiger partial charge in [-0.3, -0.25) is 9.10 Å². The fourth-order valence-electron chi connectivity index (χ4n) is 2.57. The number of nitrogens with zero attached hydrogens (tertiary/aromatic N) is 2. The van der Waals surface area contributed by atoms with Gasteiger partial charge in [0.1, 0.15) is 12.4 Å². The Hall–Kier alpha value is -2.94. The van der Waals surface area contributed by atoms with Crippen molar-refractivity contribution in [2.24, 2.45) is 5.10 Å². The highest BCUT2D eigenvalue weighted by Crippen LogP contribution is 2.30. The molecule has 0 heterocycles. The number of hydrazone groups is 1. The smallest absolute Gasteiger partial charge is 0.264 e. The molecule has 0 saturated heterocycles. The van der Waals surface area contributed by atoms with Crippen molar-refractivity contribution < 1.29 is 17.6 Å². The van der Waals surface area contributed by atoms with Crippen LogP contribution in [0.3, 0.4) is 0 Å². The quantitative estimate of drug-likeness (QED) is 0.400. The SMILES string of the molecule is O=C(CN(c1ccc(Cl)c(Cl)c1)S(=O)(=O)c1ccccc1)N/N=C\c1ccc(F)cc1. The molecule has 0 aliphatic carbocycles. The molecule has 10 heteroatoms. The first kappa shape index (κ1) is 22.7. The van der Waals surface area contributed by atoms with E-state index in [1.807, 2.05) is 0 Å². The number of anilines is 1. The molecule has 0 aliphatic rings. The number of amides is 1. The van der Waals surface area contributed by atoms with E-state index in [1.165, 1.54) is 60.8 Å². The lowest BCUT2D eigenvalue weighted by Crippen LogP contribution is -2.39. The third kappa shape index (κ3) is 5.81. The molecule has 1 N–H and O–H groups in total. The van der Waals surface area contributed by atoms with Gasteiger partial charge < -0.3 is 0 Å². The fourth-order valence-corrected chi connectivity index (χ4v) is 4.29. The minimum Gasteiger partial charge on any atom is -0.271 e. The van der Waals surface area contributed by atoms with Crippen LogP contribution in [-0.4, -0.2) is 27.1 Å². The zero-order valence-corrected chi connectivity index (χ0v) is 18.2. The summed E-state index contributed by atoms with van der Waals surface area (Å²) in [5.41, 5.74) is 2.99. The third-order valence-corrected chi connectivity index (χ3v) is 6.61.